The molecule has 0 radical (unpaired) electrons. The number of fused-ring (bicyclic) bond motifs is 1. The van der Waals surface area contributed by atoms with Crippen LogP contribution in [0.25, 0.3) is 11.1 Å². The molecule has 142 valence electrons. The molecule has 0 fully saturated rings. The van der Waals surface area contributed by atoms with Gasteiger partial charge in [-0.3, -0.25) is 4.79 Å². The van der Waals surface area contributed by atoms with Gasteiger partial charge in [0.2, 0.25) is 11.9 Å². The van der Waals surface area contributed by atoms with Crippen LogP contribution in [-0.2, 0) is 11.3 Å². The van der Waals surface area contributed by atoms with Gasteiger partial charge in [-0.05, 0) is 41.8 Å². The van der Waals surface area contributed by atoms with Crippen LogP contribution >= 0.6 is 22.9 Å². The molecule has 0 aliphatic carbocycles. The molecule has 1 aliphatic heterocycles. The van der Waals surface area contributed by atoms with E-state index in [0.29, 0.717) is 23.0 Å². The molecule has 3 heterocycles. The van der Waals surface area contributed by atoms with Crippen LogP contribution < -0.4 is 0 Å². The van der Waals surface area contributed by atoms with Crippen LogP contribution in [0.4, 0.5) is 4.39 Å². The molecule has 6 heteroatoms. The van der Waals surface area contributed by atoms with Crippen LogP contribution in [0.3, 0.4) is 0 Å². The molecule has 0 bridgehead atoms. The molecule has 3 nitrogen and oxygen atoms in total. The lowest BCUT2D eigenvalue weighted by atomic mass is 9.84. The van der Waals surface area contributed by atoms with Crippen LogP contribution in [0.2, 0.25) is 4.34 Å². The second kappa shape index (κ2) is 7.49. The number of benzene rings is 1. The van der Waals surface area contributed by atoms with Gasteiger partial charge >= 0.3 is 0 Å². The second-order valence-electron chi connectivity index (χ2n) is 6.82. The Balaban J connectivity index is 1.85. The standard InChI is InChI=1S/C22H18ClFN2OS/c1-3-21(27)26-11-18(17-9-20(23)28-19(17)12-26)16-7-5-4-6-15(16)14-8-13(2)22(24)25-10-14/h3-10,18H,1,11-12H2,2H3/t18-/m0/s1. The number of amides is 1. The highest BCUT2D eigenvalue weighted by molar-refractivity contribution is 7.16. The molecule has 2 aromatic heterocycles. The first kappa shape index (κ1) is 18.8. The van der Waals surface area contributed by atoms with Crippen molar-refractivity contribution in [1.29, 1.82) is 0 Å². The number of hydrogen-bond acceptors (Lipinski definition) is 3. The summed E-state index contributed by atoms with van der Waals surface area (Å²) in [5.74, 6) is -0.594. The van der Waals surface area contributed by atoms with E-state index in [1.165, 1.54) is 17.4 Å². The lowest BCUT2D eigenvalue weighted by molar-refractivity contribution is -0.127. The number of aryl methyl sites for hydroxylation is 1. The third-order valence-electron chi connectivity index (χ3n) is 5.07. The van der Waals surface area contributed by atoms with Crippen LogP contribution in [0.1, 0.15) is 27.5 Å². The van der Waals surface area contributed by atoms with E-state index < -0.39 is 5.95 Å². The molecule has 4 rings (SSSR count). The Kier molecular flexibility index (Phi) is 5.04. The number of thiophene rings is 1. The molecule has 1 aliphatic rings. The Morgan fingerprint density at radius 3 is 2.89 bits per heavy atom. The predicted molar refractivity (Wildman–Crippen MR) is 111 cm³/mol. The van der Waals surface area contributed by atoms with Crippen molar-refractivity contribution in [3.63, 3.8) is 0 Å². The van der Waals surface area contributed by atoms with E-state index in [1.54, 1.807) is 24.1 Å². The van der Waals surface area contributed by atoms with E-state index in [2.05, 4.69) is 17.6 Å². The Labute approximate surface area is 172 Å². The first-order chi connectivity index (χ1) is 13.5. The quantitative estimate of drug-likeness (QED) is 0.416. The van der Waals surface area contributed by atoms with E-state index in [0.717, 1.165) is 27.1 Å². The number of carbonyl (C=O) groups is 1. The first-order valence-corrected chi connectivity index (χ1v) is 10.1. The Morgan fingerprint density at radius 1 is 1.36 bits per heavy atom. The monoisotopic (exact) mass is 412 g/mol. The van der Waals surface area contributed by atoms with Gasteiger partial charge in [0.05, 0.1) is 10.9 Å². The summed E-state index contributed by atoms with van der Waals surface area (Å²) in [4.78, 5) is 19.1. The smallest absolute Gasteiger partial charge is 0.246 e. The molecule has 3 aromatic rings. The van der Waals surface area contributed by atoms with Crippen molar-refractivity contribution in [1.82, 2.24) is 9.88 Å². The topological polar surface area (TPSA) is 33.2 Å². The minimum absolute atomic E-state index is 0.0297. The zero-order chi connectivity index (χ0) is 19.8. The van der Waals surface area contributed by atoms with Crippen molar-refractivity contribution in [3.8, 4) is 11.1 Å². The summed E-state index contributed by atoms with van der Waals surface area (Å²) in [6, 6.07) is 11.8. The highest BCUT2D eigenvalue weighted by Crippen LogP contribution is 2.42. The third-order valence-corrected chi connectivity index (χ3v) is 6.34. The third kappa shape index (κ3) is 3.36. The van der Waals surface area contributed by atoms with Crippen LogP contribution in [-0.4, -0.2) is 22.3 Å². The molecule has 1 atom stereocenters. The van der Waals surface area contributed by atoms with Crippen molar-refractivity contribution >= 4 is 28.8 Å². The summed E-state index contributed by atoms with van der Waals surface area (Å²) >= 11 is 7.80. The average molecular weight is 413 g/mol. The fourth-order valence-corrected chi connectivity index (χ4v) is 5.07. The maximum Gasteiger partial charge on any atom is 0.246 e. The van der Waals surface area contributed by atoms with Crippen molar-refractivity contribution in [2.24, 2.45) is 0 Å². The summed E-state index contributed by atoms with van der Waals surface area (Å²) in [6.45, 7) is 6.40. The Hall–Kier alpha value is -2.50. The van der Waals surface area contributed by atoms with Crippen LogP contribution in [0.5, 0.6) is 0 Å². The molecule has 1 amide bonds. The van der Waals surface area contributed by atoms with Gasteiger partial charge in [0.25, 0.3) is 0 Å². The molecule has 0 spiro atoms. The summed E-state index contributed by atoms with van der Waals surface area (Å²) in [6.07, 6.45) is 2.90. The average Bonchev–Trinajstić information content (AvgIpc) is 3.08. The minimum atomic E-state index is -0.464. The van der Waals surface area contributed by atoms with Gasteiger partial charge in [-0.2, -0.15) is 4.39 Å². The molecule has 0 N–H and O–H groups in total. The number of carbonyl (C=O) groups excluding carboxylic acids is 1. The molecule has 0 saturated heterocycles. The SMILES string of the molecule is C=CC(=O)N1Cc2sc(Cl)cc2[C@H](c2ccccc2-c2cnc(F)c(C)c2)C1. The summed E-state index contributed by atoms with van der Waals surface area (Å²) in [5.41, 5.74) is 4.53. The molecular weight excluding hydrogens is 395 g/mol. The highest BCUT2D eigenvalue weighted by Gasteiger charge is 2.31. The van der Waals surface area contributed by atoms with Gasteiger partial charge in [0, 0.05) is 34.7 Å². The van der Waals surface area contributed by atoms with E-state index in [1.807, 2.05) is 24.3 Å². The Morgan fingerprint density at radius 2 is 2.14 bits per heavy atom. The molecular formula is C22H18ClFN2OS. The van der Waals surface area contributed by atoms with Gasteiger partial charge in [-0.1, -0.05) is 42.4 Å². The lowest BCUT2D eigenvalue weighted by Crippen LogP contribution is -2.37. The number of pyridine rings is 1. The summed E-state index contributed by atoms with van der Waals surface area (Å²) in [7, 11) is 0. The zero-order valence-corrected chi connectivity index (χ0v) is 16.9. The number of halogens is 2. The maximum absolute atomic E-state index is 13.7. The number of aromatic nitrogens is 1. The summed E-state index contributed by atoms with van der Waals surface area (Å²) in [5, 5.41) is 0. The number of nitrogens with zero attached hydrogens (tertiary/aromatic N) is 2. The van der Waals surface area contributed by atoms with Gasteiger partial charge < -0.3 is 4.90 Å². The molecule has 1 aromatic carbocycles. The van der Waals surface area contributed by atoms with Gasteiger partial charge in [0.1, 0.15) is 0 Å². The molecule has 0 saturated carbocycles. The van der Waals surface area contributed by atoms with E-state index >= 15 is 0 Å². The molecule has 28 heavy (non-hydrogen) atoms. The van der Waals surface area contributed by atoms with E-state index in [9.17, 15) is 9.18 Å². The van der Waals surface area contributed by atoms with E-state index in [-0.39, 0.29) is 11.8 Å². The van der Waals surface area contributed by atoms with Crippen molar-refractivity contribution < 1.29 is 9.18 Å². The van der Waals surface area contributed by atoms with Crippen molar-refractivity contribution in [2.75, 3.05) is 6.54 Å². The fourth-order valence-electron chi connectivity index (χ4n) is 3.72. The van der Waals surface area contributed by atoms with Crippen LogP contribution in [0.15, 0.2) is 55.3 Å². The van der Waals surface area contributed by atoms with E-state index in [4.69, 9.17) is 11.6 Å². The van der Waals surface area contributed by atoms with Gasteiger partial charge in [0.15, 0.2) is 0 Å². The fraction of sp³-hybridized carbons (Fsp3) is 0.182. The lowest BCUT2D eigenvalue weighted by Gasteiger charge is -2.33. The maximum atomic E-state index is 13.7. The van der Waals surface area contributed by atoms with Crippen LogP contribution in [0, 0.1) is 12.9 Å². The van der Waals surface area contributed by atoms with Gasteiger partial charge in [-0.25, -0.2) is 4.98 Å². The zero-order valence-electron chi connectivity index (χ0n) is 15.3. The highest BCUT2D eigenvalue weighted by atomic mass is 35.5. The summed E-state index contributed by atoms with van der Waals surface area (Å²) < 4.78 is 14.4. The predicted octanol–water partition coefficient (Wildman–Crippen LogP) is 5.57. The van der Waals surface area contributed by atoms with Gasteiger partial charge in [-0.15, -0.1) is 11.3 Å². The number of rotatable bonds is 3. The normalized spacial score (nSPS) is 16.0. The number of hydrogen-bond donors (Lipinski definition) is 0. The largest absolute Gasteiger partial charge is 0.333 e. The second-order valence-corrected chi connectivity index (χ2v) is 8.59. The molecule has 0 unspecified atom stereocenters. The first-order valence-electron chi connectivity index (χ1n) is 8.89. The minimum Gasteiger partial charge on any atom is -0.333 e. The van der Waals surface area contributed by atoms with Crippen molar-refractivity contribution in [3.05, 3.63) is 87.1 Å². The van der Waals surface area contributed by atoms with Crippen molar-refractivity contribution in [2.45, 2.75) is 19.4 Å². The Bertz CT molecular complexity index is 1080.